The molecule has 2 aromatic rings. The second kappa shape index (κ2) is 11.8. The summed E-state index contributed by atoms with van der Waals surface area (Å²) in [7, 11) is 1.71. The van der Waals surface area contributed by atoms with Crippen molar-refractivity contribution in [1.29, 1.82) is 0 Å². The fraction of sp³-hybridized carbons (Fsp3) is 0.607. The molecule has 0 aliphatic carbocycles. The molecule has 0 radical (unpaired) electrons. The minimum Gasteiger partial charge on any atom is -0.379 e. The number of ether oxygens (including phenoxy) is 2. The molecule has 39 heavy (non-hydrogen) atoms. The molecular formula is C28H36F3N5O3. The first-order chi connectivity index (χ1) is 18.8. The largest absolute Gasteiger partial charge is 0.416 e. The smallest absolute Gasteiger partial charge is 0.379 e. The highest BCUT2D eigenvalue weighted by Gasteiger charge is 2.37. The number of nitrogens with one attached hydrogen (secondary N) is 1. The summed E-state index contributed by atoms with van der Waals surface area (Å²) in [4.78, 5) is 26.0. The predicted molar refractivity (Wildman–Crippen MR) is 140 cm³/mol. The van der Waals surface area contributed by atoms with Crippen LogP contribution in [0.5, 0.6) is 0 Å². The lowest BCUT2D eigenvalue weighted by molar-refractivity contribution is -0.138. The highest BCUT2D eigenvalue weighted by atomic mass is 19.4. The minimum absolute atomic E-state index is 0.0348. The van der Waals surface area contributed by atoms with Crippen LogP contribution in [0.1, 0.15) is 58.8 Å². The maximum atomic E-state index is 13.6. The van der Waals surface area contributed by atoms with E-state index in [0.717, 1.165) is 31.9 Å². The number of piperidine rings is 1. The standard InChI is InChI=1S/C28H36F3N5O3/c1-18-25(27(37)35-12-8-20(9-13-35)34-23-10-14-39-16-24(23)38-2)32-17-33-26(18)36-11-7-19(15-36)21-5-3-4-6-22(21)28(29,30)31/h3-6,17,19-20,23-24,34H,7-16H2,1-2H3. The molecule has 3 saturated heterocycles. The van der Waals surface area contributed by atoms with Crippen LogP contribution in [-0.2, 0) is 15.7 Å². The summed E-state index contributed by atoms with van der Waals surface area (Å²) >= 11 is 0. The van der Waals surface area contributed by atoms with Crippen molar-refractivity contribution in [2.75, 3.05) is 51.4 Å². The number of anilines is 1. The van der Waals surface area contributed by atoms with E-state index >= 15 is 0 Å². The number of benzene rings is 1. The van der Waals surface area contributed by atoms with E-state index in [0.29, 0.717) is 67.9 Å². The van der Waals surface area contributed by atoms with Gasteiger partial charge in [-0.05, 0) is 44.2 Å². The van der Waals surface area contributed by atoms with Crippen molar-refractivity contribution in [2.24, 2.45) is 0 Å². The van der Waals surface area contributed by atoms with Crippen molar-refractivity contribution in [3.63, 3.8) is 0 Å². The summed E-state index contributed by atoms with van der Waals surface area (Å²) < 4.78 is 51.8. The summed E-state index contributed by atoms with van der Waals surface area (Å²) in [6.07, 6.45) is 0.181. The van der Waals surface area contributed by atoms with E-state index in [1.807, 2.05) is 16.7 Å². The van der Waals surface area contributed by atoms with Crippen LogP contribution >= 0.6 is 0 Å². The molecule has 1 aromatic carbocycles. The van der Waals surface area contributed by atoms with Crippen molar-refractivity contribution >= 4 is 11.7 Å². The predicted octanol–water partition coefficient (Wildman–Crippen LogP) is 3.80. The van der Waals surface area contributed by atoms with Crippen LogP contribution in [0.15, 0.2) is 30.6 Å². The lowest BCUT2D eigenvalue weighted by Gasteiger charge is -2.38. The highest BCUT2D eigenvalue weighted by Crippen LogP contribution is 2.39. The van der Waals surface area contributed by atoms with Crippen LogP contribution in [0, 0.1) is 6.92 Å². The molecule has 212 valence electrons. The number of hydrogen-bond donors (Lipinski definition) is 1. The fourth-order valence-electron chi connectivity index (χ4n) is 6.13. The molecule has 3 atom stereocenters. The lowest BCUT2D eigenvalue weighted by Crippen LogP contribution is -2.54. The number of amides is 1. The third-order valence-electron chi connectivity index (χ3n) is 8.29. The number of aromatic nitrogens is 2. The SMILES string of the molecule is COC1COCCC1NC1CCN(C(=O)c2ncnc(N3CCC(c4ccccc4C(F)(F)F)C3)c2C)CC1. The van der Waals surface area contributed by atoms with Gasteiger partial charge in [-0.15, -0.1) is 0 Å². The number of hydrogen-bond acceptors (Lipinski definition) is 7. The van der Waals surface area contributed by atoms with Gasteiger partial charge in [0.15, 0.2) is 0 Å². The van der Waals surface area contributed by atoms with Crippen molar-refractivity contribution in [2.45, 2.75) is 62.9 Å². The number of halogens is 3. The number of likely N-dealkylation sites (tertiary alicyclic amines) is 1. The van der Waals surface area contributed by atoms with Gasteiger partial charge in [-0.25, -0.2) is 9.97 Å². The molecular weight excluding hydrogens is 511 g/mol. The number of carbonyl (C=O) groups is 1. The second-order valence-electron chi connectivity index (χ2n) is 10.7. The summed E-state index contributed by atoms with van der Waals surface area (Å²) in [6.45, 7) is 5.35. The van der Waals surface area contributed by atoms with Crippen LogP contribution in [-0.4, -0.2) is 85.5 Å². The molecule has 1 N–H and O–H groups in total. The number of methoxy groups -OCH3 is 1. The molecule has 4 heterocycles. The van der Waals surface area contributed by atoms with Crippen LogP contribution in [0.2, 0.25) is 0 Å². The second-order valence-corrected chi connectivity index (χ2v) is 10.7. The van der Waals surface area contributed by atoms with Crippen molar-refractivity contribution in [3.8, 4) is 0 Å². The molecule has 0 spiro atoms. The minimum atomic E-state index is -4.40. The summed E-state index contributed by atoms with van der Waals surface area (Å²) in [5, 5.41) is 3.70. The Morgan fingerprint density at radius 2 is 1.87 bits per heavy atom. The van der Waals surface area contributed by atoms with Gasteiger partial charge >= 0.3 is 6.18 Å². The molecule has 0 saturated carbocycles. The van der Waals surface area contributed by atoms with Crippen LogP contribution in [0.3, 0.4) is 0 Å². The molecule has 8 nitrogen and oxygen atoms in total. The third kappa shape index (κ3) is 6.05. The zero-order chi connectivity index (χ0) is 27.6. The topological polar surface area (TPSA) is 79.8 Å². The Bertz CT molecular complexity index is 1160. The molecule has 1 aromatic heterocycles. The number of carbonyl (C=O) groups excluding carboxylic acids is 1. The van der Waals surface area contributed by atoms with E-state index in [-0.39, 0.29) is 24.0 Å². The van der Waals surface area contributed by atoms with E-state index in [9.17, 15) is 18.0 Å². The first-order valence-corrected chi connectivity index (χ1v) is 13.6. The molecule has 3 aliphatic rings. The van der Waals surface area contributed by atoms with E-state index < -0.39 is 11.7 Å². The summed E-state index contributed by atoms with van der Waals surface area (Å²) in [6, 6.07) is 6.33. The number of nitrogens with zero attached hydrogens (tertiary/aromatic N) is 4. The first-order valence-electron chi connectivity index (χ1n) is 13.6. The van der Waals surface area contributed by atoms with Gasteiger partial charge < -0.3 is 24.6 Å². The first kappa shape index (κ1) is 27.8. The van der Waals surface area contributed by atoms with Crippen LogP contribution in [0.4, 0.5) is 19.0 Å². The molecule has 0 bridgehead atoms. The Morgan fingerprint density at radius 1 is 1.10 bits per heavy atom. The van der Waals surface area contributed by atoms with E-state index in [2.05, 4.69) is 15.3 Å². The number of rotatable bonds is 6. The summed E-state index contributed by atoms with van der Waals surface area (Å²) in [5.74, 6) is 0.215. The van der Waals surface area contributed by atoms with Gasteiger partial charge in [0.2, 0.25) is 0 Å². The molecule has 1 amide bonds. The molecule has 5 rings (SSSR count). The Morgan fingerprint density at radius 3 is 2.62 bits per heavy atom. The van der Waals surface area contributed by atoms with Crippen molar-refractivity contribution < 1.29 is 27.4 Å². The van der Waals surface area contributed by atoms with Gasteiger partial charge in [0.1, 0.15) is 17.8 Å². The van der Waals surface area contributed by atoms with Crippen molar-refractivity contribution in [3.05, 3.63) is 53.0 Å². The van der Waals surface area contributed by atoms with E-state index in [1.54, 1.807) is 19.2 Å². The van der Waals surface area contributed by atoms with Crippen molar-refractivity contribution in [1.82, 2.24) is 20.2 Å². The average molecular weight is 548 g/mol. The zero-order valence-electron chi connectivity index (χ0n) is 22.4. The van der Waals surface area contributed by atoms with Gasteiger partial charge in [-0.2, -0.15) is 13.2 Å². The Kier molecular flexibility index (Phi) is 8.39. The van der Waals surface area contributed by atoms with Gasteiger partial charge in [-0.3, -0.25) is 4.79 Å². The average Bonchev–Trinajstić information content (AvgIpc) is 3.43. The Balaban J connectivity index is 1.22. The van der Waals surface area contributed by atoms with Crippen LogP contribution < -0.4 is 10.2 Å². The van der Waals surface area contributed by atoms with Gasteiger partial charge in [-0.1, -0.05) is 18.2 Å². The third-order valence-corrected chi connectivity index (χ3v) is 8.29. The zero-order valence-corrected chi connectivity index (χ0v) is 22.4. The monoisotopic (exact) mass is 547 g/mol. The molecule has 11 heteroatoms. The van der Waals surface area contributed by atoms with Gasteiger partial charge in [0, 0.05) is 63.5 Å². The van der Waals surface area contributed by atoms with Gasteiger partial charge in [0.05, 0.1) is 18.3 Å². The highest BCUT2D eigenvalue weighted by molar-refractivity contribution is 5.94. The summed E-state index contributed by atoms with van der Waals surface area (Å²) in [5.41, 5.74) is 0.746. The Labute approximate surface area is 226 Å². The fourth-order valence-corrected chi connectivity index (χ4v) is 6.13. The molecule has 3 fully saturated rings. The quantitative estimate of drug-likeness (QED) is 0.590. The molecule has 3 aliphatic heterocycles. The Hall–Kier alpha value is -2.76. The lowest BCUT2D eigenvalue weighted by atomic mass is 9.93. The normalized spacial score (nSPS) is 24.8. The maximum Gasteiger partial charge on any atom is 0.416 e. The van der Waals surface area contributed by atoms with E-state index in [1.165, 1.54) is 12.4 Å². The molecule has 3 unspecified atom stereocenters. The number of alkyl halides is 3. The van der Waals surface area contributed by atoms with E-state index in [4.69, 9.17) is 9.47 Å². The van der Waals surface area contributed by atoms with Crippen LogP contribution in [0.25, 0.3) is 0 Å². The van der Waals surface area contributed by atoms with Gasteiger partial charge in [0.25, 0.3) is 5.91 Å². The maximum absolute atomic E-state index is 13.6.